The number of likely N-dealkylation sites (tertiary alicyclic amines) is 1. The number of halogens is 2. The monoisotopic (exact) mass is 494 g/mol. The van der Waals surface area contributed by atoms with E-state index in [1.807, 2.05) is 12.1 Å². The molecule has 1 saturated heterocycles. The molecule has 1 aromatic heterocycles. The van der Waals surface area contributed by atoms with Crippen LogP contribution < -0.4 is 10.2 Å². The van der Waals surface area contributed by atoms with Gasteiger partial charge < -0.3 is 15.3 Å². The molecule has 0 amide bonds. The van der Waals surface area contributed by atoms with Gasteiger partial charge in [0.2, 0.25) is 0 Å². The van der Waals surface area contributed by atoms with Crippen molar-refractivity contribution in [1.29, 1.82) is 0 Å². The van der Waals surface area contributed by atoms with E-state index in [-0.39, 0.29) is 5.75 Å². The molecule has 7 heteroatoms. The zero-order valence-corrected chi connectivity index (χ0v) is 20.4. The van der Waals surface area contributed by atoms with Crippen molar-refractivity contribution >= 4 is 40.8 Å². The summed E-state index contributed by atoms with van der Waals surface area (Å²) in [7, 11) is 0. The Balaban J connectivity index is 1.28. The van der Waals surface area contributed by atoms with Gasteiger partial charge in [0.05, 0.1) is 11.9 Å². The molecule has 0 aliphatic carbocycles. The highest BCUT2D eigenvalue weighted by molar-refractivity contribution is 6.34. The van der Waals surface area contributed by atoms with Crippen molar-refractivity contribution in [2.24, 2.45) is 0 Å². The van der Waals surface area contributed by atoms with E-state index < -0.39 is 0 Å². The topological polar surface area (TPSA) is 51.6 Å². The third kappa shape index (κ3) is 5.33. The highest BCUT2D eigenvalue weighted by Crippen LogP contribution is 2.39. The first-order chi connectivity index (χ1) is 16.5. The molecule has 2 aliphatic rings. The van der Waals surface area contributed by atoms with Gasteiger partial charge in [-0.3, -0.25) is 4.90 Å². The van der Waals surface area contributed by atoms with Crippen molar-refractivity contribution < 1.29 is 5.11 Å². The Hall–Kier alpha value is -2.73. The second-order valence-corrected chi connectivity index (χ2v) is 9.87. The normalized spacial score (nSPS) is 16.5. The standard InChI is InChI=1S/C27H28Cl2N4O/c28-21-13-20(14-22(29)15-21)18-33-10-4-7-24-26(33)25(34)16-30-27(24)31-23-8-11-32(12-9-23)17-19-5-2-1-3-6-19/h1-7,13-16,23,34H,8-12,17-18H2,(H,30,31). The number of piperidine rings is 1. The largest absolute Gasteiger partial charge is 0.504 e. The molecule has 0 saturated carbocycles. The van der Waals surface area contributed by atoms with Gasteiger partial charge in [-0.05, 0) is 42.2 Å². The number of benzene rings is 2. The lowest BCUT2D eigenvalue weighted by atomic mass is 10.0. The molecule has 5 nitrogen and oxygen atoms in total. The average molecular weight is 495 g/mol. The minimum absolute atomic E-state index is 0.177. The van der Waals surface area contributed by atoms with Gasteiger partial charge in [0.15, 0.2) is 5.75 Å². The van der Waals surface area contributed by atoms with Crippen LogP contribution in [0.3, 0.4) is 0 Å². The molecule has 1 fully saturated rings. The number of rotatable bonds is 6. The molecule has 0 atom stereocenters. The number of anilines is 2. The van der Waals surface area contributed by atoms with Gasteiger partial charge in [-0.2, -0.15) is 0 Å². The van der Waals surface area contributed by atoms with E-state index >= 15 is 0 Å². The van der Waals surface area contributed by atoms with Crippen LogP contribution in [0.15, 0.2) is 60.8 Å². The number of nitrogens with one attached hydrogen (secondary N) is 1. The van der Waals surface area contributed by atoms with Crippen LogP contribution in [0, 0.1) is 0 Å². The number of aromatic hydroxyl groups is 1. The summed E-state index contributed by atoms with van der Waals surface area (Å²) in [5.74, 6) is 0.995. The minimum Gasteiger partial charge on any atom is -0.504 e. The lowest BCUT2D eigenvalue weighted by molar-refractivity contribution is 0.211. The third-order valence-electron chi connectivity index (χ3n) is 6.47. The highest BCUT2D eigenvalue weighted by atomic mass is 35.5. The van der Waals surface area contributed by atoms with Gasteiger partial charge in [-0.25, -0.2) is 4.98 Å². The van der Waals surface area contributed by atoms with Crippen molar-refractivity contribution in [3.05, 3.63) is 87.5 Å². The molecule has 5 rings (SSSR count). The Morgan fingerprint density at radius 3 is 2.44 bits per heavy atom. The van der Waals surface area contributed by atoms with E-state index in [9.17, 15) is 5.11 Å². The Kier molecular flexibility index (Phi) is 6.95. The van der Waals surface area contributed by atoms with E-state index in [1.165, 1.54) is 5.56 Å². The summed E-state index contributed by atoms with van der Waals surface area (Å²) < 4.78 is 0. The summed E-state index contributed by atoms with van der Waals surface area (Å²) in [5, 5.41) is 15.6. The van der Waals surface area contributed by atoms with Crippen LogP contribution in [0.2, 0.25) is 10.0 Å². The van der Waals surface area contributed by atoms with E-state index in [4.69, 9.17) is 23.2 Å². The Labute approximate surface area is 210 Å². The lowest BCUT2D eigenvalue weighted by Crippen LogP contribution is -2.39. The lowest BCUT2D eigenvalue weighted by Gasteiger charge is -2.34. The van der Waals surface area contributed by atoms with E-state index in [0.717, 1.165) is 55.1 Å². The Morgan fingerprint density at radius 1 is 0.971 bits per heavy atom. The second-order valence-electron chi connectivity index (χ2n) is 9.00. The fourth-order valence-electron chi connectivity index (χ4n) is 4.84. The summed E-state index contributed by atoms with van der Waals surface area (Å²) in [5.41, 5.74) is 4.06. The smallest absolute Gasteiger partial charge is 0.158 e. The fraction of sp³-hybridized carbons (Fsp3) is 0.296. The molecule has 34 heavy (non-hydrogen) atoms. The molecule has 0 radical (unpaired) electrons. The first-order valence-electron chi connectivity index (χ1n) is 11.7. The van der Waals surface area contributed by atoms with Crippen LogP contribution in [0.4, 0.5) is 11.5 Å². The van der Waals surface area contributed by atoms with Gasteiger partial charge in [-0.15, -0.1) is 0 Å². The van der Waals surface area contributed by atoms with Crippen LogP contribution in [0.1, 0.15) is 29.5 Å². The first-order valence-corrected chi connectivity index (χ1v) is 12.4. The van der Waals surface area contributed by atoms with Crippen molar-refractivity contribution in [1.82, 2.24) is 9.88 Å². The number of hydrogen-bond acceptors (Lipinski definition) is 5. The minimum atomic E-state index is 0.177. The summed E-state index contributed by atoms with van der Waals surface area (Å²) in [6.45, 7) is 4.36. The quantitative estimate of drug-likeness (QED) is 0.426. The zero-order chi connectivity index (χ0) is 23.5. The van der Waals surface area contributed by atoms with E-state index in [2.05, 4.69) is 62.6 Å². The average Bonchev–Trinajstić information content (AvgIpc) is 2.82. The van der Waals surface area contributed by atoms with Crippen LogP contribution in [-0.2, 0) is 13.1 Å². The second kappa shape index (κ2) is 10.3. The van der Waals surface area contributed by atoms with Gasteiger partial charge >= 0.3 is 0 Å². The molecular weight excluding hydrogens is 467 g/mol. The van der Waals surface area contributed by atoms with Crippen LogP contribution >= 0.6 is 23.2 Å². The van der Waals surface area contributed by atoms with Gasteiger partial charge in [-0.1, -0.05) is 65.7 Å². The number of pyridine rings is 1. The fourth-order valence-corrected chi connectivity index (χ4v) is 5.41. The number of nitrogens with zero attached hydrogens (tertiary/aromatic N) is 3. The molecule has 0 unspecified atom stereocenters. The summed E-state index contributed by atoms with van der Waals surface area (Å²) in [6, 6.07) is 16.5. The SMILES string of the molecule is Oc1cnc(NC2CCN(Cc3ccccc3)CC2)c2c1N(Cc1cc(Cl)cc(Cl)c1)CC=C2. The van der Waals surface area contributed by atoms with Crippen molar-refractivity contribution in [2.75, 3.05) is 29.9 Å². The molecular formula is C27H28Cl2N4O. The summed E-state index contributed by atoms with van der Waals surface area (Å²) in [4.78, 5) is 9.18. The molecule has 3 heterocycles. The molecule has 0 spiro atoms. The highest BCUT2D eigenvalue weighted by Gasteiger charge is 2.25. The zero-order valence-electron chi connectivity index (χ0n) is 18.9. The van der Waals surface area contributed by atoms with E-state index in [1.54, 1.807) is 12.3 Å². The number of fused-ring (bicyclic) bond motifs is 1. The molecule has 0 bridgehead atoms. The van der Waals surface area contributed by atoms with Crippen LogP contribution in [-0.4, -0.2) is 40.7 Å². The summed E-state index contributed by atoms with van der Waals surface area (Å²) in [6.07, 6.45) is 7.81. The van der Waals surface area contributed by atoms with Crippen LogP contribution in [0.5, 0.6) is 5.75 Å². The first kappa shape index (κ1) is 23.0. The van der Waals surface area contributed by atoms with Gasteiger partial charge in [0.1, 0.15) is 5.82 Å². The predicted molar refractivity (Wildman–Crippen MR) is 141 cm³/mol. The maximum atomic E-state index is 10.7. The van der Waals surface area contributed by atoms with Gasteiger partial charge in [0, 0.05) is 54.4 Å². The number of aromatic nitrogens is 1. The number of hydrogen-bond donors (Lipinski definition) is 2. The van der Waals surface area contributed by atoms with Gasteiger partial charge in [0.25, 0.3) is 0 Å². The molecule has 3 aromatic rings. The Bertz CT molecular complexity index is 1160. The van der Waals surface area contributed by atoms with Crippen molar-refractivity contribution in [2.45, 2.75) is 32.0 Å². The Morgan fingerprint density at radius 2 is 1.71 bits per heavy atom. The molecule has 2 aromatic carbocycles. The maximum Gasteiger partial charge on any atom is 0.158 e. The van der Waals surface area contributed by atoms with E-state index in [0.29, 0.717) is 29.2 Å². The van der Waals surface area contributed by atoms with Crippen LogP contribution in [0.25, 0.3) is 6.08 Å². The molecule has 176 valence electrons. The van der Waals surface area contributed by atoms with Crippen molar-refractivity contribution in [3.63, 3.8) is 0 Å². The van der Waals surface area contributed by atoms with Crippen molar-refractivity contribution in [3.8, 4) is 5.75 Å². The third-order valence-corrected chi connectivity index (χ3v) is 6.90. The molecule has 2 aliphatic heterocycles. The predicted octanol–water partition coefficient (Wildman–Crippen LogP) is 6.20. The maximum absolute atomic E-state index is 10.7. The summed E-state index contributed by atoms with van der Waals surface area (Å²) >= 11 is 12.4. The molecule has 2 N–H and O–H groups in total.